The van der Waals surface area contributed by atoms with Gasteiger partial charge in [-0.1, -0.05) is 36.4 Å². The van der Waals surface area contributed by atoms with Gasteiger partial charge < -0.3 is 5.11 Å². The maximum absolute atomic E-state index is 11.6. The predicted octanol–water partition coefficient (Wildman–Crippen LogP) is 4.52. The minimum absolute atomic E-state index is 0.197. The minimum Gasteiger partial charge on any atom is -0.505 e. The molecule has 0 radical (unpaired) electrons. The Balaban J connectivity index is 2.16. The molecule has 0 spiro atoms. The number of aryl methyl sites for hydroxylation is 1. The van der Waals surface area contributed by atoms with Gasteiger partial charge in [-0.15, -0.1) is 5.11 Å². The average molecular weight is 342 g/mol. The molecule has 3 aromatic carbocycles. The maximum Gasteiger partial charge on any atom is 0.295 e. The highest BCUT2D eigenvalue weighted by atomic mass is 32.2. The average Bonchev–Trinajstić information content (AvgIpc) is 2.54. The Morgan fingerprint density at radius 3 is 2.21 bits per heavy atom. The lowest BCUT2D eigenvalue weighted by molar-refractivity contribution is 0.482. The van der Waals surface area contributed by atoms with Crippen LogP contribution in [-0.2, 0) is 10.1 Å². The number of fused-ring (bicyclic) bond motifs is 1. The molecule has 0 bridgehead atoms. The first-order chi connectivity index (χ1) is 11.4. The first kappa shape index (κ1) is 16.1. The zero-order valence-electron chi connectivity index (χ0n) is 12.7. The molecule has 2 N–H and O–H groups in total. The van der Waals surface area contributed by atoms with Crippen LogP contribution in [0.5, 0.6) is 5.75 Å². The molecule has 6 nitrogen and oxygen atoms in total. The molecule has 0 saturated carbocycles. The molecule has 0 fully saturated rings. The molecule has 24 heavy (non-hydrogen) atoms. The predicted molar refractivity (Wildman–Crippen MR) is 90.8 cm³/mol. The van der Waals surface area contributed by atoms with E-state index < -0.39 is 10.1 Å². The third kappa shape index (κ3) is 2.99. The molecule has 0 heterocycles. The Bertz CT molecular complexity index is 1050. The molecular formula is C17H14N2O4S. The van der Waals surface area contributed by atoms with Gasteiger partial charge in [-0.25, -0.2) is 0 Å². The number of nitrogens with zero attached hydrogens (tertiary/aromatic N) is 2. The van der Waals surface area contributed by atoms with Crippen molar-refractivity contribution in [3.05, 3.63) is 60.2 Å². The molecule has 0 aromatic heterocycles. The third-order valence-corrected chi connectivity index (χ3v) is 4.64. The van der Waals surface area contributed by atoms with Crippen LogP contribution in [0, 0.1) is 6.92 Å². The summed E-state index contributed by atoms with van der Waals surface area (Å²) < 4.78 is 32.6. The number of azo groups is 1. The van der Waals surface area contributed by atoms with Crippen LogP contribution in [0.3, 0.4) is 0 Å². The molecule has 0 saturated heterocycles. The van der Waals surface area contributed by atoms with Crippen LogP contribution in [0.25, 0.3) is 10.8 Å². The Morgan fingerprint density at radius 2 is 1.54 bits per heavy atom. The van der Waals surface area contributed by atoms with Crippen molar-refractivity contribution in [2.75, 3.05) is 0 Å². The van der Waals surface area contributed by atoms with Crippen LogP contribution in [-0.4, -0.2) is 18.1 Å². The first-order valence-electron chi connectivity index (χ1n) is 7.07. The van der Waals surface area contributed by atoms with Crippen molar-refractivity contribution in [2.24, 2.45) is 10.2 Å². The molecule has 0 aliphatic rings. The molecule has 122 valence electrons. The molecule has 0 aliphatic heterocycles. The molecule has 0 amide bonds. The topological polar surface area (TPSA) is 99.3 Å². The number of hydrogen-bond donors (Lipinski definition) is 2. The van der Waals surface area contributed by atoms with E-state index in [2.05, 4.69) is 10.2 Å². The van der Waals surface area contributed by atoms with Crippen LogP contribution in [0.4, 0.5) is 11.4 Å². The van der Waals surface area contributed by atoms with E-state index in [1.807, 2.05) is 18.2 Å². The summed E-state index contributed by atoms with van der Waals surface area (Å²) in [4.78, 5) is -0.221. The van der Waals surface area contributed by atoms with Crippen molar-refractivity contribution in [2.45, 2.75) is 11.8 Å². The van der Waals surface area contributed by atoms with Crippen LogP contribution in [0.15, 0.2) is 69.7 Å². The Hall–Kier alpha value is -2.77. The smallest absolute Gasteiger partial charge is 0.295 e. The molecule has 3 rings (SSSR count). The second-order valence-electron chi connectivity index (χ2n) is 5.25. The van der Waals surface area contributed by atoms with Crippen molar-refractivity contribution >= 4 is 32.3 Å². The highest BCUT2D eigenvalue weighted by molar-refractivity contribution is 7.86. The molecule has 3 aromatic rings. The molecule has 0 atom stereocenters. The second kappa shape index (κ2) is 6.03. The van der Waals surface area contributed by atoms with Crippen LogP contribution in [0.2, 0.25) is 0 Å². The molecule has 0 aliphatic carbocycles. The van der Waals surface area contributed by atoms with Crippen LogP contribution in [0.1, 0.15) is 5.56 Å². The summed E-state index contributed by atoms with van der Waals surface area (Å²) in [7, 11) is -4.41. The lowest BCUT2D eigenvalue weighted by atomic mass is 10.1. The molecular weight excluding hydrogens is 328 g/mol. The maximum atomic E-state index is 11.6. The van der Waals surface area contributed by atoms with E-state index in [9.17, 15) is 18.1 Å². The van der Waals surface area contributed by atoms with Crippen molar-refractivity contribution in [1.29, 1.82) is 0 Å². The van der Waals surface area contributed by atoms with Gasteiger partial charge in [0.2, 0.25) is 0 Å². The van der Waals surface area contributed by atoms with Crippen LogP contribution < -0.4 is 0 Å². The zero-order valence-corrected chi connectivity index (χ0v) is 13.5. The fraction of sp³-hybridized carbons (Fsp3) is 0.0588. The van der Waals surface area contributed by atoms with Gasteiger partial charge in [0.1, 0.15) is 10.6 Å². The number of hydrogen-bond acceptors (Lipinski definition) is 5. The fourth-order valence-electron chi connectivity index (χ4n) is 2.49. The zero-order chi connectivity index (χ0) is 17.3. The van der Waals surface area contributed by atoms with E-state index >= 15 is 0 Å². The van der Waals surface area contributed by atoms with E-state index in [1.165, 1.54) is 18.2 Å². The summed E-state index contributed by atoms with van der Waals surface area (Å²) in [5, 5.41) is 18.9. The molecule has 0 unspecified atom stereocenters. The number of aromatic hydroxyl groups is 1. The monoisotopic (exact) mass is 342 g/mol. The summed E-state index contributed by atoms with van der Waals surface area (Å²) in [5.41, 5.74) is 1.22. The van der Waals surface area contributed by atoms with Crippen LogP contribution >= 0.6 is 0 Å². The quantitative estimate of drug-likeness (QED) is 0.540. The third-order valence-electron chi connectivity index (χ3n) is 3.59. The van der Waals surface area contributed by atoms with Crippen molar-refractivity contribution in [3.8, 4) is 5.75 Å². The SMILES string of the molecule is Cc1ccc2c(O)c(N=Nc3ccccc3)ccc2c1S(=O)(=O)O. The lowest BCUT2D eigenvalue weighted by Crippen LogP contribution is -2.02. The van der Waals surface area contributed by atoms with Gasteiger partial charge in [0.25, 0.3) is 10.1 Å². The standard InChI is InChI=1S/C17H14N2O4S/c1-11-7-8-13-14(17(11)24(21,22)23)9-10-15(16(13)20)19-18-12-5-3-2-4-6-12/h2-10,20H,1H3,(H,21,22,23). The van der Waals surface area contributed by atoms with Crippen molar-refractivity contribution < 1.29 is 18.1 Å². The minimum atomic E-state index is -4.41. The van der Waals surface area contributed by atoms with Gasteiger partial charge in [-0.2, -0.15) is 13.5 Å². The van der Waals surface area contributed by atoms with E-state index in [0.29, 0.717) is 11.3 Å². The summed E-state index contributed by atoms with van der Waals surface area (Å²) in [6.07, 6.45) is 0. The Morgan fingerprint density at radius 1 is 0.875 bits per heavy atom. The van der Waals surface area contributed by atoms with E-state index in [0.717, 1.165) is 0 Å². The van der Waals surface area contributed by atoms with E-state index in [4.69, 9.17) is 0 Å². The van der Waals surface area contributed by atoms with Gasteiger partial charge in [-0.05, 0) is 30.7 Å². The summed E-state index contributed by atoms with van der Waals surface area (Å²) in [6, 6.07) is 15.1. The van der Waals surface area contributed by atoms with Gasteiger partial charge in [0.15, 0.2) is 5.75 Å². The first-order valence-corrected chi connectivity index (χ1v) is 8.51. The number of rotatable bonds is 3. The van der Waals surface area contributed by atoms with E-state index in [-0.39, 0.29) is 27.1 Å². The Kier molecular flexibility index (Phi) is 4.04. The van der Waals surface area contributed by atoms with Gasteiger partial charge in [-0.3, -0.25) is 4.55 Å². The second-order valence-corrected chi connectivity index (χ2v) is 6.61. The largest absolute Gasteiger partial charge is 0.505 e. The molecule has 7 heteroatoms. The summed E-state index contributed by atoms with van der Waals surface area (Å²) in [5.74, 6) is -0.197. The summed E-state index contributed by atoms with van der Waals surface area (Å²) in [6.45, 7) is 1.57. The van der Waals surface area contributed by atoms with Crippen molar-refractivity contribution in [1.82, 2.24) is 0 Å². The number of benzene rings is 3. The fourth-order valence-corrected chi connectivity index (χ4v) is 3.42. The number of phenolic OH excluding ortho intramolecular Hbond substituents is 1. The highest BCUT2D eigenvalue weighted by Gasteiger charge is 2.19. The van der Waals surface area contributed by atoms with E-state index in [1.54, 1.807) is 25.1 Å². The van der Waals surface area contributed by atoms with Gasteiger partial charge >= 0.3 is 0 Å². The number of phenols is 1. The van der Waals surface area contributed by atoms with Crippen molar-refractivity contribution in [3.63, 3.8) is 0 Å². The summed E-state index contributed by atoms with van der Waals surface area (Å²) >= 11 is 0. The highest BCUT2D eigenvalue weighted by Crippen LogP contribution is 2.38. The van der Waals surface area contributed by atoms with Gasteiger partial charge in [0.05, 0.1) is 5.69 Å². The van der Waals surface area contributed by atoms with Gasteiger partial charge in [0, 0.05) is 10.8 Å². The lowest BCUT2D eigenvalue weighted by Gasteiger charge is -2.09. The normalized spacial score (nSPS) is 12.1. The Labute approximate surface area is 138 Å².